The summed E-state index contributed by atoms with van der Waals surface area (Å²) in [7, 11) is 1.56. The summed E-state index contributed by atoms with van der Waals surface area (Å²) in [5, 5.41) is 16.2. The second-order valence-corrected chi connectivity index (χ2v) is 7.44. The van der Waals surface area contributed by atoms with Gasteiger partial charge in [-0.1, -0.05) is 11.6 Å². The van der Waals surface area contributed by atoms with Gasteiger partial charge in [0.15, 0.2) is 0 Å². The standard InChI is InChI=1S/C23H20ClN3O5/c1-31-17-8-6-16(7-9-17)25-21(28)13-27-22(29)19(26-23(27)30)12-18-10-11-20(32-18)14-2-4-15(24)5-3-14/h2-12,21,25,28H,13H2,1H3,(H,26,30). The second kappa shape index (κ2) is 9.17. The number of nitrogens with one attached hydrogen (secondary N) is 2. The maximum atomic E-state index is 12.7. The van der Waals surface area contributed by atoms with Gasteiger partial charge in [0.2, 0.25) is 0 Å². The molecule has 164 valence electrons. The fourth-order valence-corrected chi connectivity index (χ4v) is 3.30. The Balaban J connectivity index is 1.42. The van der Waals surface area contributed by atoms with Crippen LogP contribution in [0.1, 0.15) is 5.76 Å². The number of anilines is 1. The first kappa shape index (κ1) is 21.5. The lowest BCUT2D eigenvalue weighted by Crippen LogP contribution is -2.40. The lowest BCUT2D eigenvalue weighted by molar-refractivity contribution is -0.123. The quantitative estimate of drug-likeness (QED) is 0.284. The zero-order valence-corrected chi connectivity index (χ0v) is 17.8. The topological polar surface area (TPSA) is 104 Å². The van der Waals surface area contributed by atoms with E-state index < -0.39 is 18.2 Å². The fraction of sp³-hybridized carbons (Fsp3) is 0.130. The number of amides is 3. The lowest BCUT2D eigenvalue weighted by Gasteiger charge is -2.19. The van der Waals surface area contributed by atoms with Crippen molar-refractivity contribution >= 4 is 35.3 Å². The molecule has 1 unspecified atom stereocenters. The molecule has 32 heavy (non-hydrogen) atoms. The first-order chi connectivity index (χ1) is 15.4. The van der Waals surface area contributed by atoms with Gasteiger partial charge in [-0.25, -0.2) is 4.79 Å². The molecule has 1 atom stereocenters. The molecule has 3 amide bonds. The molecule has 1 saturated heterocycles. The van der Waals surface area contributed by atoms with E-state index in [1.165, 1.54) is 6.08 Å². The number of rotatable bonds is 7. The van der Waals surface area contributed by atoms with E-state index in [1.807, 2.05) is 12.1 Å². The minimum absolute atomic E-state index is 0.0589. The molecular formula is C23H20ClN3O5. The molecule has 0 bridgehead atoms. The van der Waals surface area contributed by atoms with Gasteiger partial charge in [-0.05, 0) is 60.7 Å². The van der Waals surface area contributed by atoms with Gasteiger partial charge < -0.3 is 24.9 Å². The molecule has 0 spiro atoms. The van der Waals surface area contributed by atoms with E-state index in [0.717, 1.165) is 10.5 Å². The Kier molecular flexibility index (Phi) is 6.16. The van der Waals surface area contributed by atoms with Crippen LogP contribution in [-0.4, -0.2) is 41.8 Å². The van der Waals surface area contributed by atoms with Crippen LogP contribution in [0.25, 0.3) is 17.4 Å². The SMILES string of the molecule is COc1ccc(NC(O)CN2C(=O)NC(=Cc3ccc(-c4ccc(Cl)cc4)o3)C2=O)cc1. The number of benzene rings is 2. The van der Waals surface area contributed by atoms with Crippen molar-refractivity contribution < 1.29 is 23.8 Å². The predicted octanol–water partition coefficient (Wildman–Crippen LogP) is 3.93. The van der Waals surface area contributed by atoms with E-state index in [0.29, 0.717) is 28.0 Å². The average molecular weight is 454 g/mol. The summed E-state index contributed by atoms with van der Waals surface area (Å²) in [5.41, 5.74) is 1.50. The van der Waals surface area contributed by atoms with Crippen molar-refractivity contribution in [1.29, 1.82) is 0 Å². The Hall–Kier alpha value is -3.75. The third-order valence-electron chi connectivity index (χ3n) is 4.78. The Morgan fingerprint density at radius 3 is 2.53 bits per heavy atom. The normalized spacial score (nSPS) is 15.7. The molecule has 1 aliphatic heterocycles. The first-order valence-corrected chi connectivity index (χ1v) is 10.1. The molecule has 1 aliphatic rings. The van der Waals surface area contributed by atoms with Gasteiger partial charge in [0.1, 0.15) is 29.2 Å². The summed E-state index contributed by atoms with van der Waals surface area (Å²) in [6.07, 6.45) is 0.292. The number of furan rings is 1. The predicted molar refractivity (Wildman–Crippen MR) is 120 cm³/mol. The Morgan fingerprint density at radius 1 is 1.12 bits per heavy atom. The molecule has 0 saturated carbocycles. The molecule has 1 aromatic heterocycles. The summed E-state index contributed by atoms with van der Waals surface area (Å²) >= 11 is 5.90. The van der Waals surface area contributed by atoms with Crippen LogP contribution in [0.15, 0.2) is 70.8 Å². The van der Waals surface area contributed by atoms with Crippen LogP contribution in [0.5, 0.6) is 5.75 Å². The fourth-order valence-electron chi connectivity index (χ4n) is 3.18. The number of nitrogens with zero attached hydrogens (tertiary/aromatic N) is 1. The molecule has 0 radical (unpaired) electrons. The van der Waals surface area contributed by atoms with E-state index >= 15 is 0 Å². The largest absolute Gasteiger partial charge is 0.497 e. The van der Waals surface area contributed by atoms with Crippen molar-refractivity contribution in [2.45, 2.75) is 6.23 Å². The second-order valence-electron chi connectivity index (χ2n) is 7.00. The van der Waals surface area contributed by atoms with Crippen LogP contribution < -0.4 is 15.4 Å². The zero-order chi connectivity index (χ0) is 22.7. The molecule has 9 heteroatoms. The number of aliphatic hydroxyl groups excluding tert-OH is 1. The molecular weight excluding hydrogens is 434 g/mol. The molecule has 8 nitrogen and oxygen atoms in total. The third-order valence-corrected chi connectivity index (χ3v) is 5.04. The number of carbonyl (C=O) groups is 2. The lowest BCUT2D eigenvalue weighted by atomic mass is 10.2. The van der Waals surface area contributed by atoms with Gasteiger partial charge in [0.05, 0.1) is 13.7 Å². The molecule has 4 rings (SSSR count). The van der Waals surface area contributed by atoms with Gasteiger partial charge in [0.25, 0.3) is 5.91 Å². The Morgan fingerprint density at radius 2 is 1.84 bits per heavy atom. The average Bonchev–Trinajstić information content (AvgIpc) is 3.35. The van der Waals surface area contributed by atoms with Crippen molar-refractivity contribution in [1.82, 2.24) is 10.2 Å². The summed E-state index contributed by atoms with van der Waals surface area (Å²) < 4.78 is 10.8. The zero-order valence-electron chi connectivity index (χ0n) is 17.0. The van der Waals surface area contributed by atoms with E-state index in [9.17, 15) is 14.7 Å². The summed E-state index contributed by atoms with van der Waals surface area (Å²) in [5.74, 6) is 1.11. The number of aliphatic hydroxyl groups is 1. The summed E-state index contributed by atoms with van der Waals surface area (Å²) in [4.78, 5) is 25.9. The van der Waals surface area contributed by atoms with E-state index in [-0.39, 0.29) is 12.2 Å². The van der Waals surface area contributed by atoms with Crippen molar-refractivity contribution in [3.8, 4) is 17.1 Å². The highest BCUT2D eigenvalue weighted by molar-refractivity contribution is 6.30. The van der Waals surface area contributed by atoms with Crippen LogP contribution in [-0.2, 0) is 4.79 Å². The van der Waals surface area contributed by atoms with Crippen LogP contribution >= 0.6 is 11.6 Å². The van der Waals surface area contributed by atoms with Crippen LogP contribution in [0, 0.1) is 0 Å². The molecule has 0 aliphatic carbocycles. The Labute approximate surface area is 189 Å². The number of imide groups is 1. The maximum Gasteiger partial charge on any atom is 0.329 e. The monoisotopic (exact) mass is 453 g/mol. The number of hydrogen-bond acceptors (Lipinski definition) is 6. The molecule has 3 N–H and O–H groups in total. The minimum Gasteiger partial charge on any atom is -0.497 e. The van der Waals surface area contributed by atoms with E-state index in [1.54, 1.807) is 55.6 Å². The number of ether oxygens (including phenoxy) is 1. The first-order valence-electron chi connectivity index (χ1n) is 9.72. The number of hydrogen-bond donors (Lipinski definition) is 3. The highest BCUT2D eigenvalue weighted by Crippen LogP contribution is 2.25. The van der Waals surface area contributed by atoms with Crippen molar-refractivity contribution in [3.05, 3.63) is 77.1 Å². The van der Waals surface area contributed by atoms with Crippen LogP contribution in [0.2, 0.25) is 5.02 Å². The maximum absolute atomic E-state index is 12.7. The molecule has 2 aromatic carbocycles. The van der Waals surface area contributed by atoms with Crippen molar-refractivity contribution in [2.75, 3.05) is 19.0 Å². The van der Waals surface area contributed by atoms with Gasteiger partial charge in [-0.3, -0.25) is 9.69 Å². The number of halogens is 1. The summed E-state index contributed by atoms with van der Waals surface area (Å²) in [6, 6.07) is 16.9. The van der Waals surface area contributed by atoms with Gasteiger partial charge in [-0.15, -0.1) is 0 Å². The van der Waals surface area contributed by atoms with E-state index in [2.05, 4.69) is 10.6 Å². The van der Waals surface area contributed by atoms with Gasteiger partial charge >= 0.3 is 6.03 Å². The van der Waals surface area contributed by atoms with E-state index in [4.69, 9.17) is 20.8 Å². The van der Waals surface area contributed by atoms with Crippen LogP contribution in [0.3, 0.4) is 0 Å². The number of urea groups is 1. The van der Waals surface area contributed by atoms with Crippen LogP contribution in [0.4, 0.5) is 10.5 Å². The van der Waals surface area contributed by atoms with Crippen molar-refractivity contribution in [3.63, 3.8) is 0 Å². The molecule has 3 aromatic rings. The van der Waals surface area contributed by atoms with Gasteiger partial charge in [-0.2, -0.15) is 0 Å². The molecule has 2 heterocycles. The minimum atomic E-state index is -1.16. The highest BCUT2D eigenvalue weighted by atomic mass is 35.5. The third kappa shape index (κ3) is 4.77. The number of β-amino-alcohol motifs (C(OH)–C–C–N with tert-alkyl or cyclic N) is 1. The number of carbonyl (C=O) groups excluding carboxylic acids is 2. The number of methoxy groups -OCH3 is 1. The van der Waals surface area contributed by atoms with Crippen molar-refractivity contribution in [2.24, 2.45) is 0 Å². The molecule has 1 fully saturated rings. The van der Waals surface area contributed by atoms with Gasteiger partial charge in [0, 0.05) is 22.3 Å². The Bertz CT molecular complexity index is 1160. The highest BCUT2D eigenvalue weighted by Gasteiger charge is 2.35. The summed E-state index contributed by atoms with van der Waals surface area (Å²) in [6.45, 7) is -0.234. The smallest absolute Gasteiger partial charge is 0.329 e.